The summed E-state index contributed by atoms with van der Waals surface area (Å²) in [6.07, 6.45) is 1.63. The molecule has 1 heterocycles. The van der Waals surface area contributed by atoms with Crippen molar-refractivity contribution in [1.82, 2.24) is 4.98 Å². The number of carbonyl (C=O) groups is 1. The van der Waals surface area contributed by atoms with Crippen molar-refractivity contribution in [2.45, 2.75) is 20.4 Å². The molecule has 0 aliphatic rings. The molecule has 1 aromatic heterocycles. The third-order valence-corrected chi connectivity index (χ3v) is 2.89. The van der Waals surface area contributed by atoms with E-state index >= 15 is 0 Å². The normalized spacial score (nSPS) is 10.5. The molecule has 98 valence electrons. The van der Waals surface area contributed by atoms with Gasteiger partial charge >= 0.3 is 0 Å². The quantitative estimate of drug-likeness (QED) is 0.830. The summed E-state index contributed by atoms with van der Waals surface area (Å²) < 4.78 is 0. The lowest BCUT2D eigenvalue weighted by Gasteiger charge is -2.07. The molecule has 0 aliphatic carbocycles. The molecule has 0 aliphatic heterocycles. The SMILES string of the molecule is CC(C)C(=O)c1ccc(NCc2ccccc2)nc1. The molecule has 0 spiro atoms. The van der Waals surface area contributed by atoms with Crippen molar-refractivity contribution in [2.24, 2.45) is 5.92 Å². The third-order valence-electron chi connectivity index (χ3n) is 2.89. The molecular formula is C16H18N2O. The fraction of sp³-hybridized carbons (Fsp3) is 0.250. The number of nitrogens with one attached hydrogen (secondary N) is 1. The fourth-order valence-electron chi connectivity index (χ4n) is 1.77. The predicted octanol–water partition coefficient (Wildman–Crippen LogP) is 3.53. The van der Waals surface area contributed by atoms with E-state index in [4.69, 9.17) is 0 Å². The van der Waals surface area contributed by atoms with Gasteiger partial charge in [-0.25, -0.2) is 4.98 Å². The molecule has 0 fully saturated rings. The maximum atomic E-state index is 11.8. The number of benzene rings is 1. The molecule has 3 heteroatoms. The standard InChI is InChI=1S/C16H18N2O/c1-12(2)16(19)14-8-9-15(18-11-14)17-10-13-6-4-3-5-7-13/h3-9,11-12H,10H2,1-2H3,(H,17,18). The van der Waals surface area contributed by atoms with Crippen LogP contribution in [0.3, 0.4) is 0 Å². The van der Waals surface area contributed by atoms with Crippen LogP contribution in [-0.2, 0) is 6.54 Å². The number of nitrogens with zero attached hydrogens (tertiary/aromatic N) is 1. The lowest BCUT2D eigenvalue weighted by molar-refractivity contribution is 0.0939. The molecular weight excluding hydrogens is 236 g/mol. The van der Waals surface area contributed by atoms with Gasteiger partial charge in [-0.1, -0.05) is 44.2 Å². The van der Waals surface area contributed by atoms with Crippen molar-refractivity contribution in [1.29, 1.82) is 0 Å². The van der Waals surface area contributed by atoms with Crippen LogP contribution in [0.25, 0.3) is 0 Å². The van der Waals surface area contributed by atoms with Gasteiger partial charge in [-0.05, 0) is 17.7 Å². The zero-order valence-electron chi connectivity index (χ0n) is 11.3. The Morgan fingerprint density at radius 1 is 1.16 bits per heavy atom. The van der Waals surface area contributed by atoms with E-state index in [0.29, 0.717) is 5.56 Å². The predicted molar refractivity (Wildman–Crippen MR) is 77.2 cm³/mol. The van der Waals surface area contributed by atoms with Crippen LogP contribution in [0.1, 0.15) is 29.8 Å². The number of hydrogen-bond donors (Lipinski definition) is 1. The number of ketones is 1. The average molecular weight is 254 g/mol. The summed E-state index contributed by atoms with van der Waals surface area (Å²) in [7, 11) is 0. The molecule has 3 nitrogen and oxygen atoms in total. The van der Waals surface area contributed by atoms with Crippen molar-refractivity contribution < 1.29 is 4.79 Å². The van der Waals surface area contributed by atoms with Crippen molar-refractivity contribution in [2.75, 3.05) is 5.32 Å². The minimum atomic E-state index is 0.00456. The van der Waals surface area contributed by atoms with Gasteiger partial charge in [0.1, 0.15) is 5.82 Å². The Bertz CT molecular complexity index is 532. The van der Waals surface area contributed by atoms with Crippen LogP contribution in [0.5, 0.6) is 0 Å². The Kier molecular flexibility index (Phi) is 4.29. The second-order valence-electron chi connectivity index (χ2n) is 4.79. The summed E-state index contributed by atoms with van der Waals surface area (Å²) in [6.45, 7) is 4.51. The Labute approximate surface area is 113 Å². The second-order valence-corrected chi connectivity index (χ2v) is 4.79. The lowest BCUT2D eigenvalue weighted by atomic mass is 10.0. The van der Waals surface area contributed by atoms with Crippen molar-refractivity contribution in [3.05, 3.63) is 59.8 Å². The highest BCUT2D eigenvalue weighted by Crippen LogP contribution is 2.11. The summed E-state index contributed by atoms with van der Waals surface area (Å²) in [5.41, 5.74) is 1.87. The smallest absolute Gasteiger partial charge is 0.166 e. The first kappa shape index (κ1) is 13.3. The minimum absolute atomic E-state index is 0.00456. The van der Waals surface area contributed by atoms with E-state index in [1.807, 2.05) is 44.2 Å². The largest absolute Gasteiger partial charge is 0.366 e. The van der Waals surface area contributed by atoms with Crippen LogP contribution in [-0.4, -0.2) is 10.8 Å². The van der Waals surface area contributed by atoms with E-state index in [-0.39, 0.29) is 11.7 Å². The molecule has 1 aromatic carbocycles. The van der Waals surface area contributed by atoms with Crippen LogP contribution in [0, 0.1) is 5.92 Å². The summed E-state index contributed by atoms with van der Waals surface area (Å²) in [5.74, 6) is 0.913. The van der Waals surface area contributed by atoms with Crippen LogP contribution in [0.2, 0.25) is 0 Å². The van der Waals surface area contributed by atoms with E-state index in [9.17, 15) is 4.79 Å². The Balaban J connectivity index is 1.98. The maximum Gasteiger partial charge on any atom is 0.166 e. The number of pyridine rings is 1. The molecule has 1 N–H and O–H groups in total. The van der Waals surface area contributed by atoms with Gasteiger partial charge in [0.2, 0.25) is 0 Å². The summed E-state index contributed by atoms with van der Waals surface area (Å²) in [5, 5.41) is 3.23. The first-order valence-electron chi connectivity index (χ1n) is 6.45. The third kappa shape index (κ3) is 3.65. The monoisotopic (exact) mass is 254 g/mol. The molecule has 0 unspecified atom stereocenters. The molecule has 19 heavy (non-hydrogen) atoms. The number of hydrogen-bond acceptors (Lipinski definition) is 3. The molecule has 0 saturated heterocycles. The van der Waals surface area contributed by atoms with Gasteiger partial charge in [-0.2, -0.15) is 0 Å². The van der Waals surface area contributed by atoms with Crippen LogP contribution in [0.4, 0.5) is 5.82 Å². The van der Waals surface area contributed by atoms with Crippen LogP contribution >= 0.6 is 0 Å². The Hall–Kier alpha value is -2.16. The van der Waals surface area contributed by atoms with Crippen molar-refractivity contribution in [3.63, 3.8) is 0 Å². The zero-order chi connectivity index (χ0) is 13.7. The molecule has 2 aromatic rings. The summed E-state index contributed by atoms with van der Waals surface area (Å²) in [6, 6.07) is 13.8. The molecule has 0 bridgehead atoms. The van der Waals surface area contributed by atoms with Gasteiger partial charge in [-0.3, -0.25) is 4.79 Å². The first-order valence-corrected chi connectivity index (χ1v) is 6.45. The van der Waals surface area contributed by atoms with Gasteiger partial charge < -0.3 is 5.32 Å². The highest BCUT2D eigenvalue weighted by Gasteiger charge is 2.10. The first-order chi connectivity index (χ1) is 9.16. The van der Waals surface area contributed by atoms with Gasteiger partial charge in [0.05, 0.1) is 0 Å². The van der Waals surface area contributed by atoms with Gasteiger partial charge in [0.25, 0.3) is 0 Å². The molecule has 0 saturated carbocycles. The highest BCUT2D eigenvalue weighted by molar-refractivity contribution is 5.97. The van der Waals surface area contributed by atoms with Crippen LogP contribution < -0.4 is 5.32 Å². The Morgan fingerprint density at radius 2 is 1.89 bits per heavy atom. The van der Waals surface area contributed by atoms with E-state index in [2.05, 4.69) is 22.4 Å². The highest BCUT2D eigenvalue weighted by atomic mass is 16.1. The average Bonchev–Trinajstić information content (AvgIpc) is 2.46. The second kappa shape index (κ2) is 6.14. The number of carbonyl (C=O) groups excluding carboxylic acids is 1. The van der Waals surface area contributed by atoms with E-state index in [1.165, 1.54) is 5.56 Å². The topological polar surface area (TPSA) is 42.0 Å². The van der Waals surface area contributed by atoms with E-state index in [0.717, 1.165) is 12.4 Å². The summed E-state index contributed by atoms with van der Waals surface area (Å²) >= 11 is 0. The molecule has 0 amide bonds. The summed E-state index contributed by atoms with van der Waals surface area (Å²) in [4.78, 5) is 16.0. The lowest BCUT2D eigenvalue weighted by Crippen LogP contribution is -2.08. The van der Waals surface area contributed by atoms with Gasteiger partial charge in [-0.15, -0.1) is 0 Å². The van der Waals surface area contributed by atoms with Gasteiger partial charge in [0, 0.05) is 24.2 Å². The molecule has 0 atom stereocenters. The number of anilines is 1. The maximum absolute atomic E-state index is 11.8. The number of Topliss-reactive ketones (excluding diaryl/α,β-unsaturated/α-hetero) is 1. The zero-order valence-corrected chi connectivity index (χ0v) is 11.3. The Morgan fingerprint density at radius 3 is 2.47 bits per heavy atom. The molecule has 2 rings (SSSR count). The minimum Gasteiger partial charge on any atom is -0.366 e. The van der Waals surface area contributed by atoms with Crippen LogP contribution in [0.15, 0.2) is 48.7 Å². The van der Waals surface area contributed by atoms with E-state index < -0.39 is 0 Å². The number of rotatable bonds is 5. The van der Waals surface area contributed by atoms with Gasteiger partial charge in [0.15, 0.2) is 5.78 Å². The fourth-order valence-corrected chi connectivity index (χ4v) is 1.77. The number of aromatic nitrogens is 1. The van der Waals surface area contributed by atoms with E-state index in [1.54, 1.807) is 6.20 Å². The van der Waals surface area contributed by atoms with Crippen molar-refractivity contribution in [3.8, 4) is 0 Å². The molecule has 0 radical (unpaired) electrons. The van der Waals surface area contributed by atoms with Crippen molar-refractivity contribution >= 4 is 11.6 Å².